The number of pyridine rings is 1. The molecule has 0 radical (unpaired) electrons. The van der Waals surface area contributed by atoms with Crippen molar-refractivity contribution in [3.63, 3.8) is 0 Å². The molecule has 1 aromatic heterocycles. The molecular formula is C15H16N2O. The van der Waals surface area contributed by atoms with E-state index in [0.717, 1.165) is 23.4 Å². The number of aromatic nitrogens is 1. The van der Waals surface area contributed by atoms with E-state index >= 15 is 0 Å². The lowest BCUT2D eigenvalue weighted by molar-refractivity contribution is 0.100. The van der Waals surface area contributed by atoms with E-state index in [9.17, 15) is 4.79 Å². The van der Waals surface area contributed by atoms with Crippen LogP contribution >= 0.6 is 0 Å². The average molecular weight is 240 g/mol. The van der Waals surface area contributed by atoms with Gasteiger partial charge in [-0.1, -0.05) is 12.1 Å². The minimum Gasteiger partial charge on any atom is -0.366 e. The maximum Gasteiger partial charge on any atom is 0.248 e. The quantitative estimate of drug-likeness (QED) is 0.895. The van der Waals surface area contributed by atoms with Crippen LogP contribution in [-0.2, 0) is 6.42 Å². The Morgan fingerprint density at radius 2 is 1.61 bits per heavy atom. The molecule has 0 atom stereocenters. The smallest absolute Gasteiger partial charge is 0.248 e. The summed E-state index contributed by atoms with van der Waals surface area (Å²) in [5, 5.41) is 0. The lowest BCUT2D eigenvalue weighted by Crippen LogP contribution is -2.10. The second kappa shape index (κ2) is 5.00. The van der Waals surface area contributed by atoms with Crippen LogP contribution in [0.3, 0.4) is 0 Å². The van der Waals surface area contributed by atoms with Gasteiger partial charge < -0.3 is 5.73 Å². The van der Waals surface area contributed by atoms with E-state index in [1.165, 1.54) is 5.56 Å². The van der Waals surface area contributed by atoms with Crippen LogP contribution in [0, 0.1) is 13.8 Å². The van der Waals surface area contributed by atoms with Crippen molar-refractivity contribution in [2.75, 3.05) is 0 Å². The molecule has 1 heterocycles. The number of aryl methyl sites for hydroxylation is 2. The minimum atomic E-state index is -0.392. The van der Waals surface area contributed by atoms with Crippen molar-refractivity contribution in [3.05, 3.63) is 64.5 Å². The molecule has 1 amide bonds. The summed E-state index contributed by atoms with van der Waals surface area (Å²) >= 11 is 0. The molecule has 0 saturated heterocycles. The topological polar surface area (TPSA) is 56.0 Å². The molecule has 0 bridgehead atoms. The van der Waals surface area contributed by atoms with Gasteiger partial charge in [0.25, 0.3) is 0 Å². The molecule has 0 saturated carbocycles. The monoisotopic (exact) mass is 240 g/mol. The summed E-state index contributed by atoms with van der Waals surface area (Å²) in [6, 6.07) is 11.6. The molecule has 2 N–H and O–H groups in total. The maximum absolute atomic E-state index is 11.0. The summed E-state index contributed by atoms with van der Waals surface area (Å²) in [5.41, 5.74) is 10.2. The molecule has 0 fully saturated rings. The summed E-state index contributed by atoms with van der Waals surface area (Å²) in [4.78, 5) is 15.3. The molecule has 2 aromatic rings. The highest BCUT2D eigenvalue weighted by atomic mass is 16.1. The Kier molecular flexibility index (Phi) is 3.42. The number of benzene rings is 1. The molecular weight excluding hydrogens is 224 g/mol. The SMILES string of the molecule is Cc1cc(Cc2ccc(C(N)=O)cc2)cc(C)n1. The normalized spacial score (nSPS) is 10.3. The van der Waals surface area contributed by atoms with Gasteiger partial charge >= 0.3 is 0 Å². The Balaban J connectivity index is 2.20. The van der Waals surface area contributed by atoms with Crippen LogP contribution in [-0.4, -0.2) is 10.9 Å². The summed E-state index contributed by atoms with van der Waals surface area (Å²) in [7, 11) is 0. The molecule has 1 aromatic carbocycles. The van der Waals surface area contributed by atoms with Crippen LogP contribution in [0.5, 0.6) is 0 Å². The van der Waals surface area contributed by atoms with E-state index in [-0.39, 0.29) is 0 Å². The molecule has 18 heavy (non-hydrogen) atoms. The van der Waals surface area contributed by atoms with Crippen molar-refractivity contribution in [1.82, 2.24) is 4.98 Å². The van der Waals surface area contributed by atoms with Gasteiger partial charge in [0.1, 0.15) is 0 Å². The number of amides is 1. The maximum atomic E-state index is 11.0. The van der Waals surface area contributed by atoms with Crippen LogP contribution in [0.15, 0.2) is 36.4 Å². The summed E-state index contributed by atoms with van der Waals surface area (Å²) in [5.74, 6) is -0.392. The fourth-order valence-corrected chi connectivity index (χ4v) is 2.05. The zero-order chi connectivity index (χ0) is 13.1. The third-order valence-electron chi connectivity index (χ3n) is 2.79. The fourth-order valence-electron chi connectivity index (χ4n) is 2.05. The summed E-state index contributed by atoms with van der Waals surface area (Å²) in [6.07, 6.45) is 0.837. The van der Waals surface area contributed by atoms with E-state index in [4.69, 9.17) is 5.73 Å². The standard InChI is InChI=1S/C15H16N2O/c1-10-7-13(8-11(2)17-10)9-12-3-5-14(6-4-12)15(16)18/h3-8H,9H2,1-2H3,(H2,16,18). The van der Waals surface area contributed by atoms with Gasteiger partial charge in [0, 0.05) is 17.0 Å². The number of nitrogens with zero attached hydrogens (tertiary/aromatic N) is 1. The first kappa shape index (κ1) is 12.3. The molecule has 0 aliphatic rings. The first-order chi connectivity index (χ1) is 8.54. The van der Waals surface area contributed by atoms with Gasteiger partial charge in [-0.15, -0.1) is 0 Å². The zero-order valence-electron chi connectivity index (χ0n) is 10.6. The largest absolute Gasteiger partial charge is 0.366 e. The third kappa shape index (κ3) is 2.94. The molecule has 3 heteroatoms. The second-order valence-electron chi connectivity index (χ2n) is 4.50. The predicted octanol–water partition coefficient (Wildman–Crippen LogP) is 2.39. The van der Waals surface area contributed by atoms with E-state index in [0.29, 0.717) is 5.56 Å². The number of hydrogen-bond donors (Lipinski definition) is 1. The molecule has 3 nitrogen and oxygen atoms in total. The van der Waals surface area contributed by atoms with Crippen molar-refractivity contribution in [3.8, 4) is 0 Å². The van der Waals surface area contributed by atoms with Crippen LogP contribution in [0.2, 0.25) is 0 Å². The first-order valence-electron chi connectivity index (χ1n) is 5.87. The van der Waals surface area contributed by atoms with Gasteiger partial charge in [-0.25, -0.2) is 0 Å². The Hall–Kier alpha value is -2.16. The van der Waals surface area contributed by atoms with E-state index in [1.807, 2.05) is 26.0 Å². The number of carbonyl (C=O) groups is 1. The van der Waals surface area contributed by atoms with Crippen molar-refractivity contribution >= 4 is 5.91 Å². The lowest BCUT2D eigenvalue weighted by Gasteiger charge is -2.05. The highest BCUT2D eigenvalue weighted by molar-refractivity contribution is 5.92. The number of carbonyl (C=O) groups excluding carboxylic acids is 1. The van der Waals surface area contributed by atoms with E-state index < -0.39 is 5.91 Å². The molecule has 0 unspecified atom stereocenters. The van der Waals surface area contributed by atoms with Crippen molar-refractivity contribution in [1.29, 1.82) is 0 Å². The van der Waals surface area contributed by atoms with Gasteiger partial charge in [-0.3, -0.25) is 9.78 Å². The number of rotatable bonds is 3. The highest BCUT2D eigenvalue weighted by Gasteiger charge is 2.02. The summed E-state index contributed by atoms with van der Waals surface area (Å²) in [6.45, 7) is 3.99. The number of primary amides is 1. The Morgan fingerprint density at radius 3 is 2.11 bits per heavy atom. The number of hydrogen-bond acceptors (Lipinski definition) is 2. The van der Waals surface area contributed by atoms with Crippen molar-refractivity contribution in [2.24, 2.45) is 5.73 Å². The van der Waals surface area contributed by atoms with Gasteiger partial charge in [0.15, 0.2) is 0 Å². The molecule has 2 rings (SSSR count). The summed E-state index contributed by atoms with van der Waals surface area (Å²) < 4.78 is 0. The Labute approximate surface area is 107 Å². The van der Waals surface area contributed by atoms with Gasteiger partial charge in [0.05, 0.1) is 0 Å². The molecule has 0 aliphatic heterocycles. The average Bonchev–Trinajstić information content (AvgIpc) is 2.28. The van der Waals surface area contributed by atoms with Crippen molar-refractivity contribution < 1.29 is 4.79 Å². The highest BCUT2D eigenvalue weighted by Crippen LogP contribution is 2.12. The van der Waals surface area contributed by atoms with Crippen LogP contribution in [0.25, 0.3) is 0 Å². The van der Waals surface area contributed by atoms with E-state index in [1.54, 1.807) is 12.1 Å². The van der Waals surface area contributed by atoms with E-state index in [2.05, 4.69) is 17.1 Å². The van der Waals surface area contributed by atoms with Crippen molar-refractivity contribution in [2.45, 2.75) is 20.3 Å². The molecule has 0 spiro atoms. The van der Waals surface area contributed by atoms with Gasteiger partial charge in [-0.05, 0) is 55.7 Å². The number of nitrogens with two attached hydrogens (primary N) is 1. The van der Waals surface area contributed by atoms with Crippen LogP contribution in [0.1, 0.15) is 32.9 Å². The fraction of sp³-hybridized carbons (Fsp3) is 0.200. The molecule has 92 valence electrons. The van der Waals surface area contributed by atoms with Gasteiger partial charge in [0.2, 0.25) is 5.91 Å². The van der Waals surface area contributed by atoms with Gasteiger partial charge in [-0.2, -0.15) is 0 Å². The minimum absolute atomic E-state index is 0.392. The second-order valence-corrected chi connectivity index (χ2v) is 4.50. The third-order valence-corrected chi connectivity index (χ3v) is 2.79. The Morgan fingerprint density at radius 1 is 1.06 bits per heavy atom. The molecule has 0 aliphatic carbocycles. The van der Waals surface area contributed by atoms with Crippen LogP contribution in [0.4, 0.5) is 0 Å². The van der Waals surface area contributed by atoms with Crippen LogP contribution < -0.4 is 5.73 Å². The first-order valence-corrected chi connectivity index (χ1v) is 5.87. The lowest BCUT2D eigenvalue weighted by atomic mass is 10.0. The zero-order valence-corrected chi connectivity index (χ0v) is 10.6. The Bertz CT molecular complexity index is 553. The predicted molar refractivity (Wildman–Crippen MR) is 71.5 cm³/mol.